The van der Waals surface area contributed by atoms with E-state index >= 15 is 0 Å². The summed E-state index contributed by atoms with van der Waals surface area (Å²) in [5.74, 6) is -2.03. The summed E-state index contributed by atoms with van der Waals surface area (Å²) in [5.41, 5.74) is -0.511. The third-order valence-electron chi connectivity index (χ3n) is 6.08. The van der Waals surface area contributed by atoms with E-state index in [4.69, 9.17) is 23.2 Å². The number of carbonyl (C=O) groups is 1. The maximum atomic E-state index is 14.3. The number of aliphatic imine (C=N–C) groups is 1. The van der Waals surface area contributed by atoms with E-state index in [1.54, 1.807) is 6.07 Å². The van der Waals surface area contributed by atoms with Gasteiger partial charge in [0.2, 0.25) is 0 Å². The van der Waals surface area contributed by atoms with Gasteiger partial charge in [0.1, 0.15) is 5.41 Å². The van der Waals surface area contributed by atoms with Crippen molar-refractivity contribution in [2.75, 3.05) is 6.54 Å². The Kier molecular flexibility index (Phi) is 5.93. The Balaban J connectivity index is 1.61. The number of amides is 1. The van der Waals surface area contributed by atoms with Crippen LogP contribution in [0.5, 0.6) is 0 Å². The molecule has 2 aromatic rings. The summed E-state index contributed by atoms with van der Waals surface area (Å²) in [5, 5.41) is 2.13. The molecule has 0 radical (unpaired) electrons. The number of carbonyl (C=O) groups excluding carboxylic acids is 1. The van der Waals surface area contributed by atoms with E-state index in [1.807, 2.05) is 5.32 Å². The second-order valence-corrected chi connectivity index (χ2v) is 9.03. The van der Waals surface area contributed by atoms with Crippen molar-refractivity contribution in [3.63, 3.8) is 0 Å². The molecule has 0 saturated carbocycles. The molecule has 0 bridgehead atoms. The summed E-state index contributed by atoms with van der Waals surface area (Å²) >= 11 is 11.9. The van der Waals surface area contributed by atoms with Crippen LogP contribution in [-0.4, -0.2) is 30.5 Å². The fourth-order valence-electron chi connectivity index (χ4n) is 4.39. The molecule has 1 aliphatic heterocycles. The van der Waals surface area contributed by atoms with Crippen molar-refractivity contribution in [3.05, 3.63) is 68.7 Å². The van der Waals surface area contributed by atoms with Crippen molar-refractivity contribution >= 4 is 34.8 Å². The van der Waals surface area contributed by atoms with Crippen molar-refractivity contribution in [1.29, 1.82) is 0 Å². The molecule has 176 valence electrons. The molecule has 2 aromatic carbocycles. The van der Waals surface area contributed by atoms with E-state index in [9.17, 15) is 31.1 Å². The Morgan fingerprint density at radius 3 is 2.30 bits per heavy atom. The third kappa shape index (κ3) is 4.45. The van der Waals surface area contributed by atoms with Gasteiger partial charge in [-0.3, -0.25) is 9.79 Å². The molecule has 11 heteroatoms. The number of rotatable bonds is 3. The minimum atomic E-state index is -4.99. The van der Waals surface area contributed by atoms with Crippen LogP contribution in [0.3, 0.4) is 0 Å². The van der Waals surface area contributed by atoms with Crippen LogP contribution in [0.1, 0.15) is 41.1 Å². The second-order valence-electron chi connectivity index (χ2n) is 8.15. The first-order valence-electron chi connectivity index (χ1n) is 9.88. The summed E-state index contributed by atoms with van der Waals surface area (Å²) < 4.78 is 80.5. The summed E-state index contributed by atoms with van der Waals surface area (Å²) in [6.45, 7) is -0.538. The highest BCUT2D eigenvalue weighted by Crippen LogP contribution is 2.49. The molecule has 2 atom stereocenters. The molecular formula is C22H16Cl2F6N2O. The smallest absolute Gasteiger partial charge is 0.341 e. The molecule has 0 aromatic heterocycles. The van der Waals surface area contributed by atoms with Gasteiger partial charge in [-0.05, 0) is 59.4 Å². The molecule has 1 aliphatic carbocycles. The van der Waals surface area contributed by atoms with Crippen LogP contribution in [0.4, 0.5) is 26.3 Å². The van der Waals surface area contributed by atoms with Crippen molar-refractivity contribution in [2.45, 2.75) is 43.1 Å². The van der Waals surface area contributed by atoms with Gasteiger partial charge in [0.25, 0.3) is 0 Å². The van der Waals surface area contributed by atoms with E-state index < -0.39 is 42.7 Å². The maximum absolute atomic E-state index is 14.3. The first-order chi connectivity index (χ1) is 15.3. The number of nitrogens with zero attached hydrogens (tertiary/aromatic N) is 1. The van der Waals surface area contributed by atoms with Gasteiger partial charge in [0, 0.05) is 22.2 Å². The number of hydrogen-bond acceptors (Lipinski definition) is 2. The van der Waals surface area contributed by atoms with E-state index in [-0.39, 0.29) is 27.7 Å². The fourth-order valence-corrected chi connectivity index (χ4v) is 4.91. The normalized spacial score (nSPS) is 22.8. The van der Waals surface area contributed by atoms with Gasteiger partial charge in [-0.2, -0.15) is 26.3 Å². The zero-order valence-corrected chi connectivity index (χ0v) is 18.3. The first-order valence-corrected chi connectivity index (χ1v) is 10.6. The average Bonchev–Trinajstić information content (AvgIpc) is 3.31. The van der Waals surface area contributed by atoms with Crippen LogP contribution in [0.2, 0.25) is 10.0 Å². The molecule has 1 N–H and O–H groups in total. The lowest BCUT2D eigenvalue weighted by Gasteiger charge is -2.31. The second kappa shape index (κ2) is 8.20. The van der Waals surface area contributed by atoms with E-state index in [1.165, 1.54) is 30.3 Å². The highest BCUT2D eigenvalue weighted by Gasteiger charge is 2.58. The minimum Gasteiger partial charge on any atom is -0.341 e. The highest BCUT2D eigenvalue weighted by atomic mass is 35.5. The molecule has 1 amide bonds. The number of alkyl halides is 6. The number of halogens is 8. The summed E-state index contributed by atoms with van der Waals surface area (Å²) in [6.07, 6.45) is -9.41. The summed E-state index contributed by atoms with van der Waals surface area (Å²) in [7, 11) is 0. The van der Waals surface area contributed by atoms with Crippen LogP contribution < -0.4 is 5.32 Å². The summed E-state index contributed by atoms with van der Waals surface area (Å²) in [4.78, 5) is 15.5. The highest BCUT2D eigenvalue weighted by molar-refractivity contribution is 6.34. The van der Waals surface area contributed by atoms with Crippen molar-refractivity contribution in [2.24, 2.45) is 4.99 Å². The number of benzene rings is 2. The molecule has 3 nitrogen and oxygen atoms in total. The molecule has 33 heavy (non-hydrogen) atoms. The first kappa shape index (κ1) is 23.9. The lowest BCUT2D eigenvalue weighted by Crippen LogP contribution is -2.43. The number of nitrogens with one attached hydrogen (secondary N) is 1. The number of aryl methyl sites for hydroxylation is 1. The van der Waals surface area contributed by atoms with E-state index in [2.05, 4.69) is 4.99 Å². The Morgan fingerprint density at radius 2 is 1.70 bits per heavy atom. The molecule has 2 aliphatic rings. The van der Waals surface area contributed by atoms with Crippen LogP contribution >= 0.6 is 23.2 Å². The monoisotopic (exact) mass is 508 g/mol. The van der Waals surface area contributed by atoms with Crippen molar-refractivity contribution < 1.29 is 31.1 Å². The Bertz CT molecular complexity index is 1120. The molecular weight excluding hydrogens is 493 g/mol. The lowest BCUT2D eigenvalue weighted by molar-refractivity contribution is -0.183. The van der Waals surface area contributed by atoms with Crippen LogP contribution in [0.25, 0.3) is 0 Å². The molecule has 0 fully saturated rings. The van der Waals surface area contributed by atoms with Gasteiger partial charge in [-0.25, -0.2) is 0 Å². The topological polar surface area (TPSA) is 41.5 Å². The van der Waals surface area contributed by atoms with Gasteiger partial charge in [-0.1, -0.05) is 35.3 Å². The van der Waals surface area contributed by atoms with Crippen molar-refractivity contribution in [3.8, 4) is 0 Å². The zero-order chi connectivity index (χ0) is 24.2. The number of fused-ring (bicyclic) bond motifs is 1. The molecule has 2 unspecified atom stereocenters. The van der Waals surface area contributed by atoms with Crippen LogP contribution in [0, 0.1) is 0 Å². The Morgan fingerprint density at radius 1 is 1.03 bits per heavy atom. The quantitative estimate of drug-likeness (QED) is 0.482. The Labute approximate surface area is 194 Å². The predicted molar refractivity (Wildman–Crippen MR) is 112 cm³/mol. The standard InChI is InChI=1S/C22H16Cl2F6N2O/c23-14-6-13(7-15(24)8-14)20(22(28,29)30)9-18(31-10-20)12-1-3-16-11(5-12)2-4-17(16)32-19(33)21(25,26)27/h1,3,5-8,17H,2,4,9-10H2,(H,32,33). The molecule has 0 spiro atoms. The van der Waals surface area contributed by atoms with Gasteiger partial charge in [-0.15, -0.1) is 0 Å². The largest absolute Gasteiger partial charge is 0.471 e. The zero-order valence-electron chi connectivity index (χ0n) is 16.7. The van der Waals surface area contributed by atoms with Crippen molar-refractivity contribution in [1.82, 2.24) is 5.32 Å². The van der Waals surface area contributed by atoms with E-state index in [0.717, 1.165) is 0 Å². The van der Waals surface area contributed by atoms with Crippen LogP contribution in [0.15, 0.2) is 41.4 Å². The van der Waals surface area contributed by atoms with Gasteiger partial charge < -0.3 is 5.32 Å². The van der Waals surface area contributed by atoms with Gasteiger partial charge in [0.05, 0.1) is 12.6 Å². The molecule has 0 saturated heterocycles. The fraction of sp³-hybridized carbons (Fsp3) is 0.364. The number of hydrogen-bond donors (Lipinski definition) is 1. The SMILES string of the molecule is O=C(NC1CCc2cc(C3=NCC(c4cc(Cl)cc(Cl)c4)(C(F)(F)F)C3)ccc21)C(F)(F)F. The maximum Gasteiger partial charge on any atom is 0.471 e. The molecule has 1 heterocycles. The van der Waals surface area contributed by atoms with E-state index in [0.29, 0.717) is 23.1 Å². The van der Waals surface area contributed by atoms with Gasteiger partial charge >= 0.3 is 18.3 Å². The molecule has 4 rings (SSSR count). The lowest BCUT2D eigenvalue weighted by atomic mass is 9.76. The third-order valence-corrected chi connectivity index (χ3v) is 6.52. The average molecular weight is 509 g/mol. The Hall–Kier alpha value is -2.26. The summed E-state index contributed by atoms with van der Waals surface area (Å²) in [6, 6.07) is 7.69. The minimum absolute atomic E-state index is 0.0812. The predicted octanol–water partition coefficient (Wildman–Crippen LogP) is 6.35. The van der Waals surface area contributed by atoms with Crippen LogP contribution in [-0.2, 0) is 16.6 Å². The van der Waals surface area contributed by atoms with Gasteiger partial charge in [0.15, 0.2) is 0 Å².